The molecule has 1 aliphatic rings. The average molecular weight is 652 g/mol. The summed E-state index contributed by atoms with van der Waals surface area (Å²) in [7, 11) is 0. The van der Waals surface area contributed by atoms with Gasteiger partial charge >= 0.3 is 0 Å². The molecular weight excluding hydrogens is 606 g/mol. The van der Waals surface area contributed by atoms with Gasteiger partial charge in [0.25, 0.3) is 0 Å². The first-order valence-corrected chi connectivity index (χ1v) is 15.4. The fourth-order valence-corrected chi connectivity index (χ4v) is 4.33. The molecule has 6 amide bonds. The molecule has 0 aliphatic carbocycles. The van der Waals surface area contributed by atoms with Crippen LogP contribution in [0.15, 0.2) is 24.3 Å². The molecule has 2 atom stereocenters. The van der Waals surface area contributed by atoms with Gasteiger partial charge in [0.1, 0.15) is 18.0 Å². The normalized spacial score (nSPS) is 14.8. The van der Waals surface area contributed by atoms with Crippen molar-refractivity contribution in [2.45, 2.75) is 64.7 Å². The van der Waals surface area contributed by atoms with E-state index in [0.29, 0.717) is 26.3 Å². The second-order valence-electron chi connectivity index (χ2n) is 11.8. The number of morpholine rings is 1. The van der Waals surface area contributed by atoms with Gasteiger partial charge < -0.3 is 36.6 Å². The number of benzene rings is 1. The fourth-order valence-electron chi connectivity index (χ4n) is 4.23. The van der Waals surface area contributed by atoms with Crippen LogP contribution < -0.4 is 31.9 Å². The van der Waals surface area contributed by atoms with Crippen LogP contribution in [-0.2, 0) is 40.0 Å². The summed E-state index contributed by atoms with van der Waals surface area (Å²) in [6.07, 6.45) is -0.195. The van der Waals surface area contributed by atoms with E-state index in [1.807, 2.05) is 56.9 Å². The van der Waals surface area contributed by atoms with Gasteiger partial charge in [-0.25, -0.2) is 0 Å². The van der Waals surface area contributed by atoms with E-state index in [-0.39, 0.29) is 50.8 Å². The van der Waals surface area contributed by atoms with Gasteiger partial charge in [0.15, 0.2) is 0 Å². The number of rotatable bonds is 16. The minimum absolute atomic E-state index is 0.00514. The summed E-state index contributed by atoms with van der Waals surface area (Å²) in [4.78, 5) is 78.0. The first-order chi connectivity index (χ1) is 21.3. The topological polar surface area (TPSA) is 187 Å². The van der Waals surface area contributed by atoms with Gasteiger partial charge in [-0.3, -0.25) is 33.7 Å². The van der Waals surface area contributed by atoms with Crippen LogP contribution in [-0.4, -0.2) is 110 Å². The predicted octanol–water partition coefficient (Wildman–Crippen LogP) is -0.921. The highest BCUT2D eigenvalue weighted by Gasteiger charge is 2.29. The Bertz CT molecular complexity index is 1170. The van der Waals surface area contributed by atoms with Gasteiger partial charge in [0.05, 0.1) is 26.3 Å². The molecule has 1 aliphatic heterocycles. The van der Waals surface area contributed by atoms with Crippen LogP contribution in [0.25, 0.3) is 0 Å². The fraction of sp³-hybridized carbons (Fsp3) is 0.600. The molecule has 6 N–H and O–H groups in total. The van der Waals surface area contributed by atoms with E-state index in [4.69, 9.17) is 16.3 Å². The zero-order valence-corrected chi connectivity index (χ0v) is 27.2. The number of hydrogen-bond acceptors (Lipinski definition) is 8. The van der Waals surface area contributed by atoms with Crippen molar-refractivity contribution in [1.82, 2.24) is 36.8 Å². The van der Waals surface area contributed by atoms with Crippen LogP contribution >= 0.6 is 11.6 Å². The van der Waals surface area contributed by atoms with Crippen LogP contribution in [0.2, 0.25) is 0 Å². The van der Waals surface area contributed by atoms with Crippen molar-refractivity contribution in [2.24, 2.45) is 0 Å². The molecule has 0 unspecified atom stereocenters. The van der Waals surface area contributed by atoms with E-state index in [2.05, 4.69) is 31.9 Å². The summed E-state index contributed by atoms with van der Waals surface area (Å²) in [5, 5.41) is 15.7. The number of carbonyl (C=O) groups excluding carboxylic acids is 6. The molecule has 15 heteroatoms. The highest BCUT2D eigenvalue weighted by atomic mass is 35.5. The Kier molecular flexibility index (Phi) is 15.7. The van der Waals surface area contributed by atoms with Crippen molar-refractivity contribution < 1.29 is 33.5 Å². The van der Waals surface area contributed by atoms with Gasteiger partial charge in [-0.1, -0.05) is 29.8 Å². The Balaban J connectivity index is 2.07. The molecule has 1 saturated heterocycles. The lowest BCUT2D eigenvalue weighted by Gasteiger charge is -2.27. The molecule has 1 heterocycles. The number of ether oxygens (including phenoxy) is 1. The lowest BCUT2D eigenvalue weighted by Crippen LogP contribution is -2.58. The lowest BCUT2D eigenvalue weighted by atomic mass is 10.1. The quantitative estimate of drug-likeness (QED) is 0.124. The molecule has 45 heavy (non-hydrogen) atoms. The maximum atomic E-state index is 13.4. The number of hydrogen-bond donors (Lipinski definition) is 6. The number of halogens is 1. The molecular formula is C30H46ClN7O7. The van der Waals surface area contributed by atoms with E-state index in [1.54, 1.807) is 0 Å². The second-order valence-corrected chi connectivity index (χ2v) is 12.1. The number of amides is 6. The highest BCUT2D eigenvalue weighted by Crippen LogP contribution is 2.05. The summed E-state index contributed by atoms with van der Waals surface area (Å²) >= 11 is 5.57. The van der Waals surface area contributed by atoms with E-state index in [9.17, 15) is 28.8 Å². The molecule has 0 bridgehead atoms. The first-order valence-electron chi connectivity index (χ1n) is 14.9. The number of carbonyl (C=O) groups is 6. The van der Waals surface area contributed by atoms with Crippen molar-refractivity contribution in [1.29, 1.82) is 0 Å². The third kappa shape index (κ3) is 15.7. The molecule has 14 nitrogen and oxygen atoms in total. The van der Waals surface area contributed by atoms with Crippen LogP contribution in [0.3, 0.4) is 0 Å². The van der Waals surface area contributed by atoms with E-state index in [0.717, 1.165) is 11.1 Å². The third-order valence-electron chi connectivity index (χ3n) is 6.59. The van der Waals surface area contributed by atoms with Crippen molar-refractivity contribution in [3.8, 4) is 0 Å². The van der Waals surface area contributed by atoms with Crippen molar-refractivity contribution in [3.63, 3.8) is 0 Å². The first kappa shape index (κ1) is 37.4. The largest absolute Gasteiger partial charge is 0.379 e. The molecule has 1 fully saturated rings. The van der Waals surface area contributed by atoms with Crippen LogP contribution in [0.5, 0.6) is 0 Å². The minimum Gasteiger partial charge on any atom is -0.379 e. The third-order valence-corrected chi connectivity index (χ3v) is 6.83. The summed E-state index contributed by atoms with van der Waals surface area (Å²) in [6.45, 7) is 9.06. The Morgan fingerprint density at radius 2 is 1.51 bits per heavy atom. The monoisotopic (exact) mass is 651 g/mol. The standard InChI is InChI=1S/C30H46ClN7O7/c1-20-5-7-21(8-6-20)16-32-26(41)18-34-28(43)22(9-10-24(39)37-30(2,3)4)36-29(44)23(17-33-25(40)15-31)35-27(42)19-38-11-13-45-14-12-38/h5-8,22-23H,9-19H2,1-4H3,(H,32,41)(H,33,40)(H,34,43)(H,35,42)(H,36,44)(H,37,39)/t22-,23-/m0/s1. The summed E-state index contributed by atoms with van der Waals surface area (Å²) in [5.41, 5.74) is 1.46. The maximum absolute atomic E-state index is 13.4. The predicted molar refractivity (Wildman–Crippen MR) is 168 cm³/mol. The molecule has 1 aromatic rings. The summed E-state index contributed by atoms with van der Waals surface area (Å²) in [6, 6.07) is 5.14. The van der Waals surface area contributed by atoms with Gasteiger partial charge in [0.2, 0.25) is 35.4 Å². The van der Waals surface area contributed by atoms with Gasteiger partial charge in [-0.15, -0.1) is 11.6 Å². The lowest BCUT2D eigenvalue weighted by molar-refractivity contribution is -0.133. The summed E-state index contributed by atoms with van der Waals surface area (Å²) in [5.74, 6) is -3.61. The SMILES string of the molecule is Cc1ccc(CNC(=O)CNC(=O)[C@H](CCC(=O)NC(C)(C)C)NC(=O)[C@H](CNC(=O)CCl)NC(=O)CN2CCOCC2)cc1. The summed E-state index contributed by atoms with van der Waals surface area (Å²) < 4.78 is 5.29. The molecule has 0 aromatic heterocycles. The second kappa shape index (κ2) is 18.9. The molecule has 0 saturated carbocycles. The molecule has 250 valence electrons. The zero-order chi connectivity index (χ0) is 33.4. The van der Waals surface area contributed by atoms with Crippen LogP contribution in [0.1, 0.15) is 44.7 Å². The van der Waals surface area contributed by atoms with Crippen LogP contribution in [0, 0.1) is 6.92 Å². The van der Waals surface area contributed by atoms with Gasteiger partial charge in [0, 0.05) is 38.1 Å². The minimum atomic E-state index is -1.25. The Morgan fingerprint density at radius 3 is 2.13 bits per heavy atom. The zero-order valence-electron chi connectivity index (χ0n) is 26.4. The Morgan fingerprint density at radius 1 is 0.844 bits per heavy atom. The highest BCUT2D eigenvalue weighted by molar-refractivity contribution is 6.27. The smallest absolute Gasteiger partial charge is 0.245 e. The molecule has 1 aromatic carbocycles. The van der Waals surface area contributed by atoms with Crippen molar-refractivity contribution in [2.75, 3.05) is 51.8 Å². The Labute approximate surface area is 269 Å². The molecule has 0 spiro atoms. The van der Waals surface area contributed by atoms with Gasteiger partial charge in [-0.05, 0) is 39.7 Å². The molecule has 0 radical (unpaired) electrons. The molecule has 2 rings (SSSR count). The van der Waals surface area contributed by atoms with E-state index >= 15 is 0 Å². The number of alkyl halides is 1. The van der Waals surface area contributed by atoms with E-state index in [1.165, 1.54) is 0 Å². The number of aryl methyl sites for hydroxylation is 1. The Hall–Kier alpha value is -3.75. The average Bonchev–Trinajstić information content (AvgIpc) is 2.99. The van der Waals surface area contributed by atoms with Crippen molar-refractivity contribution >= 4 is 47.0 Å². The maximum Gasteiger partial charge on any atom is 0.245 e. The van der Waals surface area contributed by atoms with Crippen LogP contribution in [0.4, 0.5) is 0 Å². The number of nitrogens with one attached hydrogen (secondary N) is 6. The number of nitrogens with zero attached hydrogens (tertiary/aromatic N) is 1. The van der Waals surface area contributed by atoms with Gasteiger partial charge in [-0.2, -0.15) is 0 Å². The van der Waals surface area contributed by atoms with E-state index < -0.39 is 47.2 Å². The van der Waals surface area contributed by atoms with Crippen molar-refractivity contribution in [3.05, 3.63) is 35.4 Å².